The van der Waals surface area contributed by atoms with E-state index in [9.17, 15) is 0 Å². The molecule has 2 aliphatic carbocycles. The first-order valence-corrected chi connectivity index (χ1v) is 8.54. The molecule has 21 heavy (non-hydrogen) atoms. The highest BCUT2D eigenvalue weighted by Gasteiger charge is 2.38. The first kappa shape index (κ1) is 14.9. The van der Waals surface area contributed by atoms with Gasteiger partial charge >= 0.3 is 0 Å². The van der Waals surface area contributed by atoms with Gasteiger partial charge in [-0.05, 0) is 72.6 Å². The predicted molar refractivity (Wildman–Crippen MR) is 92.2 cm³/mol. The maximum atomic E-state index is 2.57. The molecule has 0 saturated heterocycles. The number of hydrogen-bond donors (Lipinski definition) is 0. The monoisotopic (exact) mass is 282 g/mol. The molecule has 0 saturated carbocycles. The van der Waals surface area contributed by atoms with Crippen molar-refractivity contribution in [3.8, 4) is 0 Å². The Balaban J connectivity index is 2.17. The third kappa shape index (κ3) is 2.37. The van der Waals surface area contributed by atoms with Gasteiger partial charge in [-0.15, -0.1) is 0 Å². The molecule has 3 rings (SSSR count). The number of benzene rings is 1. The highest BCUT2D eigenvalue weighted by molar-refractivity contribution is 5.49. The van der Waals surface area contributed by atoms with Gasteiger partial charge in [-0.3, -0.25) is 0 Å². The quantitative estimate of drug-likeness (QED) is 0.540. The summed E-state index contributed by atoms with van der Waals surface area (Å²) in [6.45, 7) is 14.3. The van der Waals surface area contributed by atoms with Gasteiger partial charge in [-0.2, -0.15) is 0 Å². The summed E-state index contributed by atoms with van der Waals surface area (Å²) >= 11 is 0. The molecule has 1 unspecified atom stereocenters. The fourth-order valence-corrected chi connectivity index (χ4v) is 4.36. The summed E-state index contributed by atoms with van der Waals surface area (Å²) in [7, 11) is 0. The summed E-state index contributed by atoms with van der Waals surface area (Å²) in [4.78, 5) is 0. The molecule has 0 radical (unpaired) electrons. The molecule has 1 atom stereocenters. The van der Waals surface area contributed by atoms with Gasteiger partial charge in [-0.25, -0.2) is 0 Å². The Morgan fingerprint density at radius 2 is 1.48 bits per heavy atom. The minimum atomic E-state index is 0.323. The summed E-state index contributed by atoms with van der Waals surface area (Å²) in [6.07, 6.45) is 7.58. The lowest BCUT2D eigenvalue weighted by Gasteiger charge is -2.42. The lowest BCUT2D eigenvalue weighted by molar-refractivity contribution is 0.331. The van der Waals surface area contributed by atoms with E-state index in [4.69, 9.17) is 0 Å². The third-order valence-electron chi connectivity index (χ3n) is 6.09. The van der Waals surface area contributed by atoms with Gasteiger partial charge in [0.2, 0.25) is 0 Å². The minimum Gasteiger partial charge on any atom is -0.0850 e. The molecule has 0 heteroatoms. The summed E-state index contributed by atoms with van der Waals surface area (Å²) in [6, 6.07) is 5.08. The van der Waals surface area contributed by atoms with Crippen molar-refractivity contribution in [1.29, 1.82) is 0 Å². The molecular weight excluding hydrogens is 252 g/mol. The van der Waals surface area contributed by atoms with Crippen LogP contribution in [0.2, 0.25) is 0 Å². The van der Waals surface area contributed by atoms with Gasteiger partial charge in [0.25, 0.3) is 0 Å². The van der Waals surface area contributed by atoms with E-state index in [1.54, 1.807) is 22.3 Å². The van der Waals surface area contributed by atoms with E-state index in [-0.39, 0.29) is 0 Å². The average Bonchev–Trinajstić information content (AvgIpc) is 2.81. The molecule has 0 N–H and O–H groups in total. The van der Waals surface area contributed by atoms with Gasteiger partial charge in [0, 0.05) is 5.92 Å². The number of allylic oxidation sites excluding steroid dienone is 2. The zero-order valence-corrected chi connectivity index (χ0v) is 14.6. The molecule has 1 aromatic rings. The van der Waals surface area contributed by atoms with Crippen LogP contribution in [-0.2, 0) is 10.8 Å². The van der Waals surface area contributed by atoms with Crippen molar-refractivity contribution in [3.63, 3.8) is 0 Å². The molecule has 0 amide bonds. The molecule has 1 aromatic carbocycles. The number of hydrogen-bond acceptors (Lipinski definition) is 0. The molecular formula is C21H30. The third-order valence-corrected chi connectivity index (χ3v) is 6.09. The van der Waals surface area contributed by atoms with Crippen molar-refractivity contribution >= 4 is 0 Å². The van der Waals surface area contributed by atoms with Crippen LogP contribution in [0.3, 0.4) is 0 Å². The molecule has 0 spiro atoms. The van der Waals surface area contributed by atoms with Crippen molar-refractivity contribution in [2.75, 3.05) is 0 Å². The minimum absolute atomic E-state index is 0.323. The average molecular weight is 282 g/mol. The lowest BCUT2D eigenvalue weighted by atomic mass is 9.62. The Labute approximate surface area is 130 Å². The number of aryl methyl sites for hydroxylation is 1. The van der Waals surface area contributed by atoms with E-state index < -0.39 is 0 Å². The Hall–Kier alpha value is -1.04. The first-order valence-electron chi connectivity index (χ1n) is 8.54. The van der Waals surface area contributed by atoms with Gasteiger partial charge < -0.3 is 0 Å². The van der Waals surface area contributed by atoms with Crippen LogP contribution in [0.15, 0.2) is 23.8 Å². The van der Waals surface area contributed by atoms with Crippen LogP contribution in [0, 0.1) is 6.92 Å². The molecule has 0 bridgehead atoms. The molecule has 114 valence electrons. The van der Waals surface area contributed by atoms with Crippen molar-refractivity contribution < 1.29 is 0 Å². The Morgan fingerprint density at radius 3 is 2.00 bits per heavy atom. The molecule has 0 aliphatic heterocycles. The van der Waals surface area contributed by atoms with E-state index in [0.29, 0.717) is 16.7 Å². The van der Waals surface area contributed by atoms with Crippen LogP contribution in [0.25, 0.3) is 0 Å². The van der Waals surface area contributed by atoms with Crippen molar-refractivity contribution in [2.24, 2.45) is 0 Å². The number of rotatable bonds is 1. The van der Waals surface area contributed by atoms with Gasteiger partial charge in [0.1, 0.15) is 0 Å². The van der Waals surface area contributed by atoms with Crippen LogP contribution in [0.5, 0.6) is 0 Å². The SMILES string of the molecule is CC1=CCCC1c1cc2c(cc1C)C(C)(C)CCC2(C)C. The van der Waals surface area contributed by atoms with Crippen molar-refractivity contribution in [2.45, 2.75) is 84.0 Å². The van der Waals surface area contributed by atoms with Crippen LogP contribution < -0.4 is 0 Å². The summed E-state index contributed by atoms with van der Waals surface area (Å²) in [5.41, 5.74) is 8.52. The zero-order valence-electron chi connectivity index (χ0n) is 14.6. The van der Waals surface area contributed by atoms with Crippen LogP contribution >= 0.6 is 0 Å². The molecule has 0 fully saturated rings. The van der Waals surface area contributed by atoms with Crippen molar-refractivity contribution in [1.82, 2.24) is 0 Å². The molecule has 2 aliphatic rings. The molecule has 0 aromatic heterocycles. The van der Waals surface area contributed by atoms with Crippen LogP contribution in [0.1, 0.15) is 88.5 Å². The fourth-order valence-electron chi connectivity index (χ4n) is 4.36. The topological polar surface area (TPSA) is 0 Å². The zero-order chi connectivity index (χ0) is 15.4. The Morgan fingerprint density at radius 1 is 0.905 bits per heavy atom. The van der Waals surface area contributed by atoms with Crippen LogP contribution in [-0.4, -0.2) is 0 Å². The van der Waals surface area contributed by atoms with Gasteiger partial charge in [0.15, 0.2) is 0 Å². The second-order valence-electron chi connectivity index (χ2n) is 8.60. The fraction of sp³-hybridized carbons (Fsp3) is 0.619. The summed E-state index contributed by atoms with van der Waals surface area (Å²) in [5, 5.41) is 0. The predicted octanol–water partition coefficient (Wildman–Crippen LogP) is 6.17. The lowest BCUT2D eigenvalue weighted by Crippen LogP contribution is -2.34. The highest BCUT2D eigenvalue weighted by Crippen LogP contribution is 2.48. The van der Waals surface area contributed by atoms with E-state index >= 15 is 0 Å². The van der Waals surface area contributed by atoms with Gasteiger partial charge in [0.05, 0.1) is 0 Å². The van der Waals surface area contributed by atoms with E-state index in [1.165, 1.54) is 31.2 Å². The molecule has 0 heterocycles. The largest absolute Gasteiger partial charge is 0.0850 e. The van der Waals surface area contributed by atoms with Crippen molar-refractivity contribution in [3.05, 3.63) is 46.0 Å². The van der Waals surface area contributed by atoms with E-state index in [2.05, 4.69) is 59.8 Å². The second-order valence-corrected chi connectivity index (χ2v) is 8.60. The van der Waals surface area contributed by atoms with E-state index in [0.717, 1.165) is 0 Å². The summed E-state index contributed by atoms with van der Waals surface area (Å²) < 4.78 is 0. The maximum Gasteiger partial charge on any atom is 0.00510 e. The smallest absolute Gasteiger partial charge is 0.00510 e. The Kier molecular flexibility index (Phi) is 3.35. The standard InChI is InChI=1S/C21H30/c1-14-8-7-9-16(14)17-13-19-18(12-15(17)2)20(3,4)10-11-21(19,5)6/h8,12-13,16H,7,9-11H2,1-6H3. The van der Waals surface area contributed by atoms with E-state index in [1.807, 2.05) is 0 Å². The highest BCUT2D eigenvalue weighted by atomic mass is 14.4. The second kappa shape index (κ2) is 4.73. The number of fused-ring (bicyclic) bond motifs is 1. The normalized spacial score (nSPS) is 26.4. The van der Waals surface area contributed by atoms with Gasteiger partial charge in [-0.1, -0.05) is 51.5 Å². The Bertz CT molecular complexity index is 599. The summed E-state index contributed by atoms with van der Waals surface area (Å²) in [5.74, 6) is 0.663. The maximum absolute atomic E-state index is 2.57. The molecule has 0 nitrogen and oxygen atoms in total. The van der Waals surface area contributed by atoms with Crippen LogP contribution in [0.4, 0.5) is 0 Å². The first-order chi connectivity index (χ1) is 9.72.